The van der Waals surface area contributed by atoms with E-state index in [-0.39, 0.29) is 0 Å². The zero-order valence-electron chi connectivity index (χ0n) is 10.3. The molecule has 0 radical (unpaired) electrons. The highest BCUT2D eigenvalue weighted by Crippen LogP contribution is 2.11. The van der Waals surface area contributed by atoms with Gasteiger partial charge in [0, 0.05) is 23.8 Å². The second kappa shape index (κ2) is 6.12. The van der Waals surface area contributed by atoms with E-state index in [0.717, 1.165) is 16.1 Å². The monoisotopic (exact) mass is 253 g/mol. The van der Waals surface area contributed by atoms with Gasteiger partial charge in [-0.2, -0.15) is 0 Å². The fourth-order valence-corrected chi connectivity index (χ4v) is 1.82. The maximum Gasteiger partial charge on any atom is 0.0464 e. The predicted octanol–water partition coefficient (Wildman–Crippen LogP) is 4.05. The zero-order valence-corrected chi connectivity index (χ0v) is 11.1. The topological polar surface area (TPSA) is 3.24 Å². The first-order chi connectivity index (χ1) is 8.77. The van der Waals surface area contributed by atoms with Gasteiger partial charge in [-0.1, -0.05) is 60.7 Å². The van der Waals surface area contributed by atoms with Crippen LogP contribution < -0.4 is 4.90 Å². The molecule has 0 aliphatic heterocycles. The molecule has 18 heavy (non-hydrogen) atoms. The Labute approximate surface area is 113 Å². The number of thiocarbonyl (C=S) groups is 1. The molecular formula is C16H15NS. The van der Waals surface area contributed by atoms with E-state index in [4.69, 9.17) is 12.2 Å². The summed E-state index contributed by atoms with van der Waals surface area (Å²) >= 11 is 5.38. The van der Waals surface area contributed by atoms with Gasteiger partial charge in [0.1, 0.15) is 0 Å². The Kier molecular flexibility index (Phi) is 4.26. The summed E-state index contributed by atoms with van der Waals surface area (Å²) in [5.41, 5.74) is 2.22. The highest BCUT2D eigenvalue weighted by Gasteiger charge is 1.97. The van der Waals surface area contributed by atoms with E-state index in [9.17, 15) is 0 Å². The summed E-state index contributed by atoms with van der Waals surface area (Å²) in [6.07, 6.45) is 3.95. The average molecular weight is 253 g/mol. The van der Waals surface area contributed by atoms with Gasteiger partial charge in [-0.15, -0.1) is 0 Å². The van der Waals surface area contributed by atoms with Gasteiger partial charge in [0.2, 0.25) is 0 Å². The molecule has 0 aromatic heterocycles. The molecule has 0 aliphatic carbocycles. The number of para-hydroxylation sites is 1. The van der Waals surface area contributed by atoms with Gasteiger partial charge in [-0.3, -0.25) is 0 Å². The standard InChI is InChI=1S/C16H15NS/c1-17(15-10-6-3-7-11-15)13-12-16(18)14-8-4-2-5-9-14/h2-13H,1H3. The summed E-state index contributed by atoms with van der Waals surface area (Å²) in [4.78, 5) is 2.90. The van der Waals surface area contributed by atoms with E-state index >= 15 is 0 Å². The molecule has 0 atom stereocenters. The Bertz CT molecular complexity index is 532. The van der Waals surface area contributed by atoms with Gasteiger partial charge >= 0.3 is 0 Å². The summed E-state index contributed by atoms with van der Waals surface area (Å²) in [6.45, 7) is 0. The molecule has 2 rings (SSSR count). The van der Waals surface area contributed by atoms with Crippen LogP contribution in [0, 0.1) is 0 Å². The Morgan fingerprint density at radius 3 is 2.11 bits per heavy atom. The number of benzene rings is 2. The first kappa shape index (κ1) is 12.5. The minimum Gasteiger partial charge on any atom is -0.351 e. The molecule has 1 nitrogen and oxygen atoms in total. The van der Waals surface area contributed by atoms with Gasteiger partial charge in [-0.25, -0.2) is 0 Å². The van der Waals surface area contributed by atoms with Gasteiger partial charge < -0.3 is 4.90 Å². The van der Waals surface area contributed by atoms with Gasteiger partial charge in [0.05, 0.1) is 0 Å². The van der Waals surface area contributed by atoms with Crippen LogP contribution in [0.4, 0.5) is 5.69 Å². The lowest BCUT2D eigenvalue weighted by Crippen LogP contribution is -2.08. The van der Waals surface area contributed by atoms with Crippen molar-refractivity contribution in [1.82, 2.24) is 0 Å². The molecule has 0 bridgehead atoms. The molecule has 0 saturated carbocycles. The van der Waals surface area contributed by atoms with Crippen molar-refractivity contribution in [3.05, 3.63) is 78.5 Å². The van der Waals surface area contributed by atoms with Crippen LogP contribution in [0.5, 0.6) is 0 Å². The van der Waals surface area contributed by atoms with Crippen LogP contribution in [0.15, 0.2) is 72.9 Å². The molecule has 0 aliphatic rings. The van der Waals surface area contributed by atoms with E-state index in [0.29, 0.717) is 0 Å². The van der Waals surface area contributed by atoms with Crippen LogP contribution in [0.3, 0.4) is 0 Å². The van der Waals surface area contributed by atoms with Crippen LogP contribution in [0.2, 0.25) is 0 Å². The van der Waals surface area contributed by atoms with E-state index < -0.39 is 0 Å². The molecule has 2 heteroatoms. The second-order valence-electron chi connectivity index (χ2n) is 3.99. The SMILES string of the molecule is CN(C=CC(=S)c1ccccc1)c1ccccc1. The van der Waals surface area contributed by atoms with Crippen molar-refractivity contribution < 1.29 is 0 Å². The van der Waals surface area contributed by atoms with Crippen molar-refractivity contribution in [2.24, 2.45) is 0 Å². The lowest BCUT2D eigenvalue weighted by Gasteiger charge is -2.13. The number of hydrogen-bond donors (Lipinski definition) is 0. The average Bonchev–Trinajstić information content (AvgIpc) is 2.46. The van der Waals surface area contributed by atoms with Crippen LogP contribution >= 0.6 is 12.2 Å². The number of allylic oxidation sites excluding steroid dienone is 1. The minimum absolute atomic E-state index is 0.846. The number of hydrogen-bond acceptors (Lipinski definition) is 2. The van der Waals surface area contributed by atoms with E-state index in [2.05, 4.69) is 17.0 Å². The van der Waals surface area contributed by atoms with Crippen molar-refractivity contribution in [2.75, 3.05) is 11.9 Å². The lowest BCUT2D eigenvalue weighted by molar-refractivity contribution is 1.21. The zero-order chi connectivity index (χ0) is 12.8. The quantitative estimate of drug-likeness (QED) is 0.459. The largest absolute Gasteiger partial charge is 0.351 e. The Morgan fingerprint density at radius 2 is 1.50 bits per heavy atom. The van der Waals surface area contributed by atoms with Crippen molar-refractivity contribution in [3.63, 3.8) is 0 Å². The Balaban J connectivity index is 2.06. The molecule has 0 amide bonds. The highest BCUT2D eigenvalue weighted by atomic mass is 32.1. The summed E-state index contributed by atoms with van der Waals surface area (Å²) in [6, 6.07) is 20.2. The van der Waals surface area contributed by atoms with Crippen molar-refractivity contribution in [3.8, 4) is 0 Å². The van der Waals surface area contributed by atoms with E-state index in [1.54, 1.807) is 0 Å². The molecule has 0 heterocycles. The fraction of sp³-hybridized carbons (Fsp3) is 0.0625. The van der Waals surface area contributed by atoms with Crippen LogP contribution in [-0.2, 0) is 0 Å². The molecular weight excluding hydrogens is 238 g/mol. The molecule has 2 aromatic carbocycles. The number of anilines is 1. The second-order valence-corrected chi connectivity index (χ2v) is 4.43. The molecule has 0 saturated heterocycles. The molecule has 0 fully saturated rings. The predicted molar refractivity (Wildman–Crippen MR) is 82.1 cm³/mol. The summed E-state index contributed by atoms with van der Waals surface area (Å²) in [5, 5.41) is 0. The minimum atomic E-state index is 0.846. The lowest BCUT2D eigenvalue weighted by atomic mass is 10.1. The van der Waals surface area contributed by atoms with Crippen molar-refractivity contribution >= 4 is 22.8 Å². The maximum absolute atomic E-state index is 5.38. The third kappa shape index (κ3) is 3.28. The third-order valence-corrected chi connectivity index (χ3v) is 3.04. The van der Waals surface area contributed by atoms with Gasteiger partial charge in [0.15, 0.2) is 0 Å². The van der Waals surface area contributed by atoms with Crippen LogP contribution in [0.1, 0.15) is 5.56 Å². The number of rotatable bonds is 4. The molecule has 0 spiro atoms. The third-order valence-electron chi connectivity index (χ3n) is 2.67. The Morgan fingerprint density at radius 1 is 0.944 bits per heavy atom. The summed E-state index contributed by atoms with van der Waals surface area (Å²) in [5.74, 6) is 0. The maximum atomic E-state index is 5.38. The van der Waals surface area contributed by atoms with Crippen LogP contribution in [0.25, 0.3) is 0 Å². The van der Waals surface area contributed by atoms with Crippen LogP contribution in [-0.4, -0.2) is 11.9 Å². The van der Waals surface area contributed by atoms with Gasteiger partial charge in [-0.05, 0) is 23.8 Å². The summed E-state index contributed by atoms with van der Waals surface area (Å²) < 4.78 is 0. The first-order valence-corrected chi connectivity index (χ1v) is 6.23. The molecule has 0 unspecified atom stereocenters. The summed E-state index contributed by atoms with van der Waals surface area (Å²) in [7, 11) is 2.01. The van der Waals surface area contributed by atoms with E-state index in [1.165, 1.54) is 0 Å². The smallest absolute Gasteiger partial charge is 0.0464 e. The molecule has 2 aromatic rings. The Hall–Kier alpha value is -1.93. The normalized spacial score (nSPS) is 10.5. The number of nitrogens with zero attached hydrogens (tertiary/aromatic N) is 1. The fourth-order valence-electron chi connectivity index (χ4n) is 1.63. The highest BCUT2D eigenvalue weighted by molar-refractivity contribution is 7.81. The van der Waals surface area contributed by atoms with E-state index in [1.807, 2.05) is 67.9 Å². The van der Waals surface area contributed by atoms with Gasteiger partial charge in [0.25, 0.3) is 0 Å². The van der Waals surface area contributed by atoms with Crippen molar-refractivity contribution in [2.45, 2.75) is 0 Å². The van der Waals surface area contributed by atoms with Crippen molar-refractivity contribution in [1.29, 1.82) is 0 Å². The molecule has 0 N–H and O–H groups in total. The first-order valence-electron chi connectivity index (χ1n) is 5.83. The molecule has 90 valence electrons.